The van der Waals surface area contributed by atoms with Crippen molar-refractivity contribution in [3.63, 3.8) is 0 Å². The lowest BCUT2D eigenvalue weighted by Gasteiger charge is -2.31. The Balaban J connectivity index is 2.58. The van der Waals surface area contributed by atoms with E-state index >= 15 is 0 Å². The van der Waals surface area contributed by atoms with Gasteiger partial charge in [0.2, 0.25) is 5.60 Å². The van der Waals surface area contributed by atoms with Crippen LogP contribution in [-0.4, -0.2) is 12.1 Å². The molecule has 0 aromatic heterocycles. The summed E-state index contributed by atoms with van der Waals surface area (Å²) in [6.45, 7) is 0. The van der Waals surface area contributed by atoms with E-state index in [1.54, 1.807) is 0 Å². The summed E-state index contributed by atoms with van der Waals surface area (Å²) in [5.74, 6) is -5.34. The van der Waals surface area contributed by atoms with Gasteiger partial charge in [-0.25, -0.2) is 5.11 Å². The molecule has 0 saturated carbocycles. The first-order valence-electron chi connectivity index (χ1n) is 4.64. The van der Waals surface area contributed by atoms with Crippen LogP contribution in [0.25, 0.3) is 6.08 Å². The molecule has 0 N–H and O–H groups in total. The highest BCUT2D eigenvalue weighted by Crippen LogP contribution is 2.52. The molecule has 1 aliphatic carbocycles. The van der Waals surface area contributed by atoms with E-state index in [9.17, 15) is 27.1 Å². The Morgan fingerprint density at radius 2 is 1.59 bits per heavy atom. The van der Waals surface area contributed by atoms with Gasteiger partial charge in [-0.1, -0.05) is 30.3 Å². The first-order chi connectivity index (χ1) is 7.70. The number of rotatable bonds is 1. The third-order valence-electron chi connectivity index (χ3n) is 2.68. The minimum atomic E-state index is -5.88. The fourth-order valence-electron chi connectivity index (χ4n) is 1.76. The van der Waals surface area contributed by atoms with E-state index in [0.717, 1.165) is 12.1 Å². The molecule has 2 rings (SSSR count). The van der Waals surface area contributed by atoms with Gasteiger partial charge in [0.1, 0.15) is 0 Å². The van der Waals surface area contributed by atoms with Gasteiger partial charge in [-0.2, -0.15) is 22.0 Å². The van der Waals surface area contributed by atoms with E-state index < -0.39 is 23.3 Å². The van der Waals surface area contributed by atoms with Gasteiger partial charge in [0.05, 0.1) is 0 Å². The quantitative estimate of drug-likeness (QED) is 0.678. The van der Waals surface area contributed by atoms with Gasteiger partial charge in [0, 0.05) is 5.56 Å². The second-order valence-electron chi connectivity index (χ2n) is 3.73. The highest BCUT2D eigenvalue weighted by Gasteiger charge is 2.71. The van der Waals surface area contributed by atoms with Crippen LogP contribution in [0.5, 0.6) is 0 Å². The lowest BCUT2D eigenvalue weighted by Crippen LogP contribution is -2.52. The molecule has 1 atom stereocenters. The van der Waals surface area contributed by atoms with Crippen LogP contribution < -0.4 is 0 Å². The molecule has 0 heterocycles. The average Bonchev–Trinajstić information content (AvgIpc) is 2.57. The Hall–Kier alpha value is -1.43. The van der Waals surface area contributed by atoms with Crippen LogP contribution in [0.15, 0.2) is 30.3 Å². The molecular formula is C11H6F5O. The first-order valence-corrected chi connectivity index (χ1v) is 4.64. The Kier molecular flexibility index (Phi) is 2.33. The predicted molar refractivity (Wildman–Crippen MR) is 48.8 cm³/mol. The van der Waals surface area contributed by atoms with Crippen LogP contribution in [0, 0.1) is 0 Å². The molecule has 1 aliphatic rings. The molecule has 0 fully saturated rings. The zero-order chi connectivity index (χ0) is 12.9. The van der Waals surface area contributed by atoms with Crippen LogP contribution in [0.3, 0.4) is 0 Å². The minimum absolute atomic E-state index is 0.0893. The van der Waals surface area contributed by atoms with Gasteiger partial charge < -0.3 is 0 Å². The Morgan fingerprint density at radius 1 is 1.00 bits per heavy atom. The normalized spacial score (nSPS) is 23.9. The summed E-state index contributed by atoms with van der Waals surface area (Å²) in [6.07, 6.45) is -4.52. The lowest BCUT2D eigenvalue weighted by atomic mass is 9.89. The van der Waals surface area contributed by atoms with Gasteiger partial charge in [-0.3, -0.25) is 0 Å². The zero-order valence-corrected chi connectivity index (χ0v) is 8.26. The van der Waals surface area contributed by atoms with Crippen molar-refractivity contribution in [2.24, 2.45) is 0 Å². The van der Waals surface area contributed by atoms with Gasteiger partial charge >= 0.3 is 12.1 Å². The average molecular weight is 249 g/mol. The molecular weight excluding hydrogens is 243 g/mol. The van der Waals surface area contributed by atoms with E-state index in [0.29, 0.717) is 6.08 Å². The van der Waals surface area contributed by atoms with Crippen molar-refractivity contribution in [2.75, 3.05) is 0 Å². The maximum atomic E-state index is 13.2. The van der Waals surface area contributed by atoms with Crippen molar-refractivity contribution in [1.82, 2.24) is 0 Å². The molecule has 1 aromatic rings. The maximum Gasteiger partial charge on any atom is 0.457 e. The van der Waals surface area contributed by atoms with Crippen molar-refractivity contribution >= 4 is 6.08 Å². The van der Waals surface area contributed by atoms with Crippen LogP contribution in [0.2, 0.25) is 0 Å². The van der Waals surface area contributed by atoms with Crippen LogP contribution in [0.1, 0.15) is 11.1 Å². The lowest BCUT2D eigenvalue weighted by molar-refractivity contribution is -0.344. The third kappa shape index (κ3) is 1.47. The fourth-order valence-corrected chi connectivity index (χ4v) is 1.76. The molecule has 1 unspecified atom stereocenters. The summed E-state index contributed by atoms with van der Waals surface area (Å²) in [5, 5.41) is 11.8. The standard InChI is InChI=1S/C11H6F5O/c12-10(13,11(14,15)16)9(17)6-5-7-3-1-2-4-8(7)9/h1-6H. The van der Waals surface area contributed by atoms with E-state index in [4.69, 9.17) is 0 Å². The SMILES string of the molecule is [O]C1(C(F)(F)C(F)(F)F)C=Cc2ccccc21. The second-order valence-corrected chi connectivity index (χ2v) is 3.73. The second kappa shape index (κ2) is 3.29. The van der Waals surface area contributed by atoms with Gasteiger partial charge in [-0.05, 0) is 11.6 Å². The van der Waals surface area contributed by atoms with Crippen molar-refractivity contribution in [3.8, 4) is 0 Å². The zero-order valence-electron chi connectivity index (χ0n) is 8.26. The number of hydrogen-bond donors (Lipinski definition) is 0. The molecule has 1 nitrogen and oxygen atoms in total. The van der Waals surface area contributed by atoms with Crippen LogP contribution in [-0.2, 0) is 10.7 Å². The van der Waals surface area contributed by atoms with Crippen LogP contribution >= 0.6 is 0 Å². The summed E-state index contributed by atoms with van der Waals surface area (Å²) in [5.41, 5.74) is -4.05. The topological polar surface area (TPSA) is 19.9 Å². The van der Waals surface area contributed by atoms with Crippen molar-refractivity contribution in [1.29, 1.82) is 0 Å². The van der Waals surface area contributed by atoms with Gasteiger partial charge in [0.25, 0.3) is 0 Å². The summed E-state index contributed by atoms with van der Waals surface area (Å²) in [6, 6.07) is 5.02. The summed E-state index contributed by atoms with van der Waals surface area (Å²) in [7, 11) is 0. The third-order valence-corrected chi connectivity index (χ3v) is 2.68. The summed E-state index contributed by atoms with van der Waals surface area (Å²) >= 11 is 0. The van der Waals surface area contributed by atoms with Crippen molar-refractivity contribution in [2.45, 2.75) is 17.7 Å². The molecule has 1 radical (unpaired) electrons. The molecule has 91 valence electrons. The number of benzene rings is 1. The first kappa shape index (κ1) is 12.0. The number of fused-ring (bicyclic) bond motifs is 1. The fraction of sp³-hybridized carbons (Fsp3) is 0.273. The maximum absolute atomic E-state index is 13.2. The van der Waals surface area contributed by atoms with E-state index in [2.05, 4.69) is 0 Å². The monoisotopic (exact) mass is 249 g/mol. The molecule has 0 bridgehead atoms. The molecule has 0 amide bonds. The summed E-state index contributed by atoms with van der Waals surface area (Å²) < 4.78 is 63.1. The smallest absolute Gasteiger partial charge is 0.212 e. The molecule has 1 aromatic carbocycles. The molecule has 0 saturated heterocycles. The number of hydrogen-bond acceptors (Lipinski definition) is 0. The van der Waals surface area contributed by atoms with Crippen molar-refractivity contribution < 1.29 is 27.1 Å². The molecule has 17 heavy (non-hydrogen) atoms. The number of halogens is 5. The van der Waals surface area contributed by atoms with Gasteiger partial charge in [-0.15, -0.1) is 0 Å². The van der Waals surface area contributed by atoms with E-state index in [-0.39, 0.29) is 5.56 Å². The van der Waals surface area contributed by atoms with Crippen molar-refractivity contribution in [3.05, 3.63) is 41.5 Å². The number of alkyl halides is 5. The Morgan fingerprint density at radius 3 is 2.18 bits per heavy atom. The van der Waals surface area contributed by atoms with Gasteiger partial charge in [0.15, 0.2) is 0 Å². The largest absolute Gasteiger partial charge is 0.457 e. The Labute approximate surface area is 93.2 Å². The molecule has 0 aliphatic heterocycles. The molecule has 0 spiro atoms. The van der Waals surface area contributed by atoms with E-state index in [1.165, 1.54) is 18.2 Å². The summed E-state index contributed by atoms with van der Waals surface area (Å²) in [4.78, 5) is 0. The highest BCUT2D eigenvalue weighted by atomic mass is 19.4. The Bertz CT molecular complexity index is 477. The van der Waals surface area contributed by atoms with E-state index in [1.807, 2.05) is 0 Å². The van der Waals surface area contributed by atoms with Crippen LogP contribution in [0.4, 0.5) is 22.0 Å². The minimum Gasteiger partial charge on any atom is -0.212 e. The highest BCUT2D eigenvalue weighted by molar-refractivity contribution is 5.64. The predicted octanol–water partition coefficient (Wildman–Crippen LogP) is 3.54. The molecule has 6 heteroatoms.